The van der Waals surface area contributed by atoms with Crippen molar-refractivity contribution in [3.8, 4) is 11.8 Å². The van der Waals surface area contributed by atoms with Gasteiger partial charge in [-0.2, -0.15) is 5.26 Å². The molecule has 1 aromatic carbocycles. The van der Waals surface area contributed by atoms with Gasteiger partial charge >= 0.3 is 5.97 Å². The van der Waals surface area contributed by atoms with E-state index in [0.29, 0.717) is 34.1 Å². The number of carbonyl (C=O) groups is 1. The summed E-state index contributed by atoms with van der Waals surface area (Å²) < 4.78 is 6.86. The van der Waals surface area contributed by atoms with Crippen LogP contribution in [-0.4, -0.2) is 21.6 Å². The maximum atomic E-state index is 12.0. The molecule has 0 N–H and O–H groups in total. The predicted octanol–water partition coefficient (Wildman–Crippen LogP) is 2.50. The van der Waals surface area contributed by atoms with E-state index in [1.165, 1.54) is 0 Å². The number of nitrogens with zero attached hydrogens (tertiary/aromatic N) is 3. The van der Waals surface area contributed by atoms with Gasteiger partial charge in [0.2, 0.25) is 0 Å². The highest BCUT2D eigenvalue weighted by atomic mass is 35.5. The third-order valence-electron chi connectivity index (χ3n) is 3.18. The summed E-state index contributed by atoms with van der Waals surface area (Å²) in [6, 6.07) is 6.96. The van der Waals surface area contributed by atoms with Gasteiger partial charge in [-0.1, -0.05) is 11.6 Å². The van der Waals surface area contributed by atoms with Crippen LogP contribution in [0.5, 0.6) is 0 Å². The lowest BCUT2D eigenvalue weighted by Crippen LogP contribution is -2.26. The van der Waals surface area contributed by atoms with Gasteiger partial charge in [0.05, 0.1) is 16.3 Å². The summed E-state index contributed by atoms with van der Waals surface area (Å²) in [7, 11) is 0. The minimum atomic E-state index is -0.392. The van der Waals surface area contributed by atoms with Crippen LogP contribution in [0.2, 0.25) is 5.02 Å². The van der Waals surface area contributed by atoms with E-state index in [4.69, 9.17) is 21.6 Å². The van der Waals surface area contributed by atoms with Crippen LogP contribution in [0.3, 0.4) is 0 Å². The molecule has 0 bridgehead atoms. The Morgan fingerprint density at radius 3 is 3.05 bits per heavy atom. The van der Waals surface area contributed by atoms with E-state index in [1.807, 2.05) is 13.0 Å². The topological polar surface area (TPSA) is 67.9 Å². The fraction of sp³-hybridized carbons (Fsp3) is 0.214. The molecule has 2 heterocycles. The Morgan fingerprint density at radius 1 is 1.55 bits per heavy atom. The standard InChI is InChI=1S/C14H10ClN3O2/c1-8-4-12-13(14(19)20-8)18(7-17-12)10-3-2-9(6-16)11(15)5-10/h2-3,5,7-8H,4H2,1H3. The Kier molecular flexibility index (Phi) is 2.96. The number of hydrogen-bond donors (Lipinski definition) is 0. The summed E-state index contributed by atoms with van der Waals surface area (Å²) in [5.74, 6) is -0.392. The summed E-state index contributed by atoms with van der Waals surface area (Å²) in [6.07, 6.45) is 2.00. The quantitative estimate of drug-likeness (QED) is 0.756. The lowest BCUT2D eigenvalue weighted by atomic mass is 10.1. The fourth-order valence-electron chi connectivity index (χ4n) is 2.24. The summed E-state index contributed by atoms with van der Waals surface area (Å²) in [6.45, 7) is 1.83. The van der Waals surface area contributed by atoms with Crippen molar-refractivity contribution in [3.05, 3.63) is 46.5 Å². The molecule has 0 radical (unpaired) electrons. The number of fused-ring (bicyclic) bond motifs is 1. The average molecular weight is 288 g/mol. The van der Waals surface area contributed by atoms with Gasteiger partial charge < -0.3 is 4.74 Å². The zero-order chi connectivity index (χ0) is 14.3. The van der Waals surface area contributed by atoms with E-state index in [0.717, 1.165) is 0 Å². The second-order valence-electron chi connectivity index (χ2n) is 4.61. The van der Waals surface area contributed by atoms with E-state index >= 15 is 0 Å². The summed E-state index contributed by atoms with van der Waals surface area (Å²) in [5.41, 5.74) is 2.20. The van der Waals surface area contributed by atoms with Crippen LogP contribution in [-0.2, 0) is 11.2 Å². The third kappa shape index (κ3) is 1.95. The van der Waals surface area contributed by atoms with E-state index in [9.17, 15) is 4.79 Å². The van der Waals surface area contributed by atoms with Crippen LogP contribution >= 0.6 is 11.6 Å². The normalized spacial score (nSPS) is 17.2. The largest absolute Gasteiger partial charge is 0.458 e. The number of hydrogen-bond acceptors (Lipinski definition) is 4. The Labute approximate surface area is 120 Å². The van der Waals surface area contributed by atoms with Crippen LogP contribution in [0, 0.1) is 11.3 Å². The van der Waals surface area contributed by atoms with Gasteiger partial charge in [0, 0.05) is 12.1 Å². The highest BCUT2D eigenvalue weighted by Crippen LogP contribution is 2.25. The first-order chi connectivity index (χ1) is 9.60. The monoisotopic (exact) mass is 287 g/mol. The van der Waals surface area contributed by atoms with Crippen LogP contribution in [0.1, 0.15) is 28.7 Å². The smallest absolute Gasteiger partial charge is 0.357 e. The molecule has 0 fully saturated rings. The van der Waals surface area contributed by atoms with E-state index in [2.05, 4.69) is 4.98 Å². The predicted molar refractivity (Wildman–Crippen MR) is 71.9 cm³/mol. The third-order valence-corrected chi connectivity index (χ3v) is 3.49. The zero-order valence-electron chi connectivity index (χ0n) is 10.6. The Bertz CT molecular complexity index is 745. The number of aromatic nitrogens is 2. The molecular weight excluding hydrogens is 278 g/mol. The number of esters is 1. The molecule has 1 aliphatic heterocycles. The lowest BCUT2D eigenvalue weighted by molar-refractivity contribution is 0.0288. The maximum Gasteiger partial charge on any atom is 0.357 e. The van der Waals surface area contributed by atoms with E-state index in [1.54, 1.807) is 29.1 Å². The molecule has 0 saturated heterocycles. The van der Waals surface area contributed by atoms with Crippen molar-refractivity contribution >= 4 is 17.6 Å². The molecular formula is C14H10ClN3O2. The molecule has 6 heteroatoms. The molecule has 1 aliphatic rings. The molecule has 3 rings (SSSR count). The zero-order valence-corrected chi connectivity index (χ0v) is 11.4. The number of imidazole rings is 1. The highest BCUT2D eigenvalue weighted by molar-refractivity contribution is 6.31. The van der Waals surface area contributed by atoms with Gasteiger partial charge in [-0.3, -0.25) is 4.57 Å². The van der Waals surface area contributed by atoms with Crippen molar-refractivity contribution in [2.75, 3.05) is 0 Å². The molecule has 0 aliphatic carbocycles. The summed E-state index contributed by atoms with van der Waals surface area (Å²) in [5, 5.41) is 9.21. The molecule has 0 amide bonds. The molecule has 0 saturated carbocycles. The van der Waals surface area contributed by atoms with Gasteiger partial charge in [0.1, 0.15) is 18.5 Å². The van der Waals surface area contributed by atoms with E-state index in [-0.39, 0.29) is 6.10 Å². The molecule has 0 spiro atoms. The first kappa shape index (κ1) is 12.7. The van der Waals surface area contributed by atoms with Crippen molar-refractivity contribution in [1.29, 1.82) is 5.26 Å². The van der Waals surface area contributed by atoms with Crippen LogP contribution < -0.4 is 0 Å². The van der Waals surface area contributed by atoms with Gasteiger partial charge in [0.15, 0.2) is 5.69 Å². The van der Waals surface area contributed by atoms with Gasteiger partial charge in [-0.05, 0) is 25.1 Å². The average Bonchev–Trinajstić information content (AvgIpc) is 2.82. The summed E-state index contributed by atoms with van der Waals surface area (Å²) >= 11 is 6.02. The molecule has 1 unspecified atom stereocenters. The Morgan fingerprint density at radius 2 is 2.35 bits per heavy atom. The van der Waals surface area contributed by atoms with Gasteiger partial charge in [0.25, 0.3) is 0 Å². The van der Waals surface area contributed by atoms with Gasteiger partial charge in [-0.25, -0.2) is 9.78 Å². The highest BCUT2D eigenvalue weighted by Gasteiger charge is 2.29. The minimum Gasteiger partial charge on any atom is -0.458 e. The number of ether oxygens (including phenoxy) is 1. The van der Waals surface area contributed by atoms with Crippen LogP contribution in [0.25, 0.3) is 5.69 Å². The molecule has 1 atom stereocenters. The number of benzene rings is 1. The lowest BCUT2D eigenvalue weighted by Gasteiger charge is -2.19. The second kappa shape index (κ2) is 4.66. The van der Waals surface area contributed by atoms with Crippen molar-refractivity contribution in [2.24, 2.45) is 0 Å². The number of rotatable bonds is 1. The first-order valence-corrected chi connectivity index (χ1v) is 6.45. The van der Waals surface area contributed by atoms with Crippen molar-refractivity contribution in [3.63, 3.8) is 0 Å². The molecule has 100 valence electrons. The maximum absolute atomic E-state index is 12.0. The number of cyclic esters (lactones) is 1. The second-order valence-corrected chi connectivity index (χ2v) is 5.01. The molecule has 5 nitrogen and oxygen atoms in total. The number of carbonyl (C=O) groups excluding carboxylic acids is 1. The van der Waals surface area contributed by atoms with Gasteiger partial charge in [-0.15, -0.1) is 0 Å². The fourth-order valence-corrected chi connectivity index (χ4v) is 2.46. The van der Waals surface area contributed by atoms with Crippen molar-refractivity contribution in [2.45, 2.75) is 19.4 Å². The molecule has 2 aromatic rings. The SMILES string of the molecule is CC1Cc2ncn(-c3ccc(C#N)c(Cl)c3)c2C(=O)O1. The minimum absolute atomic E-state index is 0.164. The van der Waals surface area contributed by atoms with Crippen molar-refractivity contribution < 1.29 is 9.53 Å². The summed E-state index contributed by atoms with van der Waals surface area (Å²) in [4.78, 5) is 16.3. The number of nitriles is 1. The van der Waals surface area contributed by atoms with Crippen molar-refractivity contribution in [1.82, 2.24) is 9.55 Å². The Balaban J connectivity index is 2.11. The molecule has 1 aromatic heterocycles. The first-order valence-electron chi connectivity index (χ1n) is 6.07. The van der Waals surface area contributed by atoms with Crippen LogP contribution in [0.4, 0.5) is 0 Å². The van der Waals surface area contributed by atoms with Crippen LogP contribution in [0.15, 0.2) is 24.5 Å². The Hall–Kier alpha value is -2.32. The van der Waals surface area contributed by atoms with E-state index < -0.39 is 5.97 Å². The molecule has 20 heavy (non-hydrogen) atoms. The number of halogens is 1.